The van der Waals surface area contributed by atoms with Gasteiger partial charge in [0.1, 0.15) is 0 Å². The van der Waals surface area contributed by atoms with Crippen molar-refractivity contribution in [2.45, 2.75) is 96.8 Å². The summed E-state index contributed by atoms with van der Waals surface area (Å²) in [5.74, 6) is -0.690. The lowest BCUT2D eigenvalue weighted by molar-refractivity contribution is -0.137. The number of hydrogen-bond acceptors (Lipinski definition) is 1. The summed E-state index contributed by atoms with van der Waals surface area (Å²) in [6.07, 6.45) is 25.3. The Morgan fingerprint density at radius 3 is 1.55 bits per heavy atom. The molecule has 22 heavy (non-hydrogen) atoms. The fourth-order valence-corrected chi connectivity index (χ4v) is 2.40. The lowest BCUT2D eigenvalue weighted by Gasteiger charge is -1.99. The van der Waals surface area contributed by atoms with Crippen LogP contribution in [0.2, 0.25) is 0 Å². The van der Waals surface area contributed by atoms with Gasteiger partial charge in [0.05, 0.1) is 0 Å². The molecule has 0 aromatic rings. The summed E-state index contributed by atoms with van der Waals surface area (Å²) >= 11 is 0. The molecule has 0 atom stereocenters. The summed E-state index contributed by atoms with van der Waals surface area (Å²) in [7, 11) is 0. The van der Waals surface area contributed by atoms with Crippen molar-refractivity contribution in [1.29, 1.82) is 0 Å². The van der Waals surface area contributed by atoms with E-state index in [-0.39, 0.29) is 6.42 Å². The number of carboxylic acid groups (broad SMARTS) is 1. The van der Waals surface area contributed by atoms with E-state index in [4.69, 9.17) is 5.11 Å². The first-order valence-corrected chi connectivity index (χ1v) is 9.29. The summed E-state index contributed by atoms with van der Waals surface area (Å²) in [5, 5.41) is 8.51. The van der Waals surface area contributed by atoms with Gasteiger partial charge in [0.15, 0.2) is 0 Å². The minimum Gasteiger partial charge on any atom is -0.481 e. The molecule has 0 aliphatic carbocycles. The van der Waals surface area contributed by atoms with Crippen LogP contribution in [0.15, 0.2) is 24.3 Å². The number of allylic oxidation sites excluding steroid dienone is 4. The highest BCUT2D eigenvalue weighted by molar-refractivity contribution is 5.66. The largest absolute Gasteiger partial charge is 0.481 e. The van der Waals surface area contributed by atoms with Crippen molar-refractivity contribution < 1.29 is 9.90 Å². The van der Waals surface area contributed by atoms with Crippen molar-refractivity contribution in [3.63, 3.8) is 0 Å². The predicted octanol–water partition coefficient (Wildman–Crippen LogP) is 6.66. The van der Waals surface area contributed by atoms with Crippen LogP contribution in [0.4, 0.5) is 0 Å². The van der Waals surface area contributed by atoms with Crippen LogP contribution in [0.5, 0.6) is 0 Å². The number of unbranched alkanes of at least 4 members (excludes halogenated alkanes) is 10. The van der Waals surface area contributed by atoms with Gasteiger partial charge >= 0.3 is 5.97 Å². The standard InChI is InChI=1S/C20H36O2/c1-2-3-4-5-6-7-8-9-10-11-12-13-14-15-16-17-18-19-20(21)22/h5-6,15-16H,2-4,7-14,17-19H2,1H3,(H,21,22). The van der Waals surface area contributed by atoms with Crippen LogP contribution in [-0.2, 0) is 4.79 Å². The third-order valence-corrected chi connectivity index (χ3v) is 3.81. The highest BCUT2D eigenvalue weighted by atomic mass is 16.4. The molecule has 0 aliphatic rings. The lowest BCUT2D eigenvalue weighted by Crippen LogP contribution is -1.92. The SMILES string of the molecule is CCCCC=CCCCCCCCCC=CCCCC(=O)O. The van der Waals surface area contributed by atoms with Crippen molar-refractivity contribution in [2.75, 3.05) is 0 Å². The molecule has 0 bridgehead atoms. The fraction of sp³-hybridized carbons (Fsp3) is 0.750. The minimum atomic E-state index is -0.690. The summed E-state index contributed by atoms with van der Waals surface area (Å²) < 4.78 is 0. The Bertz CT molecular complexity index is 292. The second-order valence-corrected chi connectivity index (χ2v) is 6.07. The third-order valence-electron chi connectivity index (χ3n) is 3.81. The zero-order valence-corrected chi connectivity index (χ0v) is 14.6. The zero-order valence-electron chi connectivity index (χ0n) is 14.6. The third kappa shape index (κ3) is 18.9. The Balaban J connectivity index is 3.12. The molecule has 0 aromatic heterocycles. The molecule has 0 aromatic carbocycles. The fourth-order valence-electron chi connectivity index (χ4n) is 2.40. The first-order valence-electron chi connectivity index (χ1n) is 9.29. The first kappa shape index (κ1) is 20.9. The average Bonchev–Trinajstić information content (AvgIpc) is 2.50. The van der Waals surface area contributed by atoms with E-state index < -0.39 is 5.97 Å². The van der Waals surface area contributed by atoms with Crippen LogP contribution < -0.4 is 0 Å². The number of carboxylic acids is 1. The molecule has 0 fully saturated rings. The summed E-state index contributed by atoms with van der Waals surface area (Å²) in [5.41, 5.74) is 0. The van der Waals surface area contributed by atoms with E-state index in [0.717, 1.165) is 19.3 Å². The number of hydrogen-bond donors (Lipinski definition) is 1. The molecule has 2 heteroatoms. The normalized spacial score (nSPS) is 11.7. The van der Waals surface area contributed by atoms with E-state index in [2.05, 4.69) is 31.2 Å². The lowest BCUT2D eigenvalue weighted by atomic mass is 10.1. The molecule has 128 valence electrons. The van der Waals surface area contributed by atoms with Crippen LogP contribution in [0.3, 0.4) is 0 Å². The van der Waals surface area contributed by atoms with Gasteiger partial charge in [-0.25, -0.2) is 0 Å². The van der Waals surface area contributed by atoms with Crippen LogP contribution in [0.25, 0.3) is 0 Å². The first-order chi connectivity index (χ1) is 10.8. The van der Waals surface area contributed by atoms with Gasteiger partial charge in [-0.05, 0) is 44.9 Å². The van der Waals surface area contributed by atoms with E-state index in [1.807, 2.05) is 0 Å². The highest BCUT2D eigenvalue weighted by Gasteiger charge is 1.93. The quantitative estimate of drug-likeness (QED) is 0.255. The van der Waals surface area contributed by atoms with Crippen LogP contribution in [0.1, 0.15) is 96.8 Å². The molecule has 0 aliphatic heterocycles. The summed E-state index contributed by atoms with van der Waals surface area (Å²) in [6, 6.07) is 0. The molecular weight excluding hydrogens is 272 g/mol. The van der Waals surface area contributed by atoms with Gasteiger partial charge in [0, 0.05) is 6.42 Å². The number of carbonyl (C=O) groups is 1. The molecule has 0 saturated carbocycles. The van der Waals surface area contributed by atoms with Crippen molar-refractivity contribution in [3.8, 4) is 0 Å². The molecule has 0 amide bonds. The van der Waals surface area contributed by atoms with Gasteiger partial charge in [0.25, 0.3) is 0 Å². The second kappa shape index (κ2) is 18.0. The summed E-state index contributed by atoms with van der Waals surface area (Å²) in [6.45, 7) is 2.24. The van der Waals surface area contributed by atoms with Gasteiger partial charge in [-0.3, -0.25) is 4.79 Å². The van der Waals surface area contributed by atoms with Gasteiger partial charge < -0.3 is 5.11 Å². The van der Waals surface area contributed by atoms with Gasteiger partial charge in [-0.15, -0.1) is 0 Å². The van der Waals surface area contributed by atoms with Crippen molar-refractivity contribution in [2.24, 2.45) is 0 Å². The topological polar surface area (TPSA) is 37.3 Å². The van der Waals surface area contributed by atoms with Gasteiger partial charge in [-0.1, -0.05) is 69.8 Å². The van der Waals surface area contributed by atoms with Crippen LogP contribution in [-0.4, -0.2) is 11.1 Å². The molecular formula is C20H36O2. The van der Waals surface area contributed by atoms with E-state index in [1.54, 1.807) is 0 Å². The Labute approximate surface area is 137 Å². The molecule has 0 unspecified atom stereocenters. The summed E-state index contributed by atoms with van der Waals surface area (Å²) in [4.78, 5) is 10.3. The predicted molar refractivity (Wildman–Crippen MR) is 96.2 cm³/mol. The number of aliphatic carboxylic acids is 1. The monoisotopic (exact) mass is 308 g/mol. The number of rotatable bonds is 16. The second-order valence-electron chi connectivity index (χ2n) is 6.07. The zero-order chi connectivity index (χ0) is 16.3. The van der Waals surface area contributed by atoms with E-state index in [9.17, 15) is 4.79 Å². The highest BCUT2D eigenvalue weighted by Crippen LogP contribution is 2.10. The smallest absolute Gasteiger partial charge is 0.303 e. The van der Waals surface area contributed by atoms with Crippen molar-refractivity contribution >= 4 is 5.97 Å². The van der Waals surface area contributed by atoms with Crippen LogP contribution >= 0.6 is 0 Å². The van der Waals surface area contributed by atoms with E-state index in [1.165, 1.54) is 64.2 Å². The van der Waals surface area contributed by atoms with E-state index in [0.29, 0.717) is 0 Å². The maximum atomic E-state index is 10.3. The van der Waals surface area contributed by atoms with Crippen molar-refractivity contribution in [1.82, 2.24) is 0 Å². The molecule has 1 N–H and O–H groups in total. The average molecular weight is 309 g/mol. The molecule has 0 spiro atoms. The molecule has 2 nitrogen and oxygen atoms in total. The Morgan fingerprint density at radius 2 is 1.09 bits per heavy atom. The van der Waals surface area contributed by atoms with Crippen molar-refractivity contribution in [3.05, 3.63) is 24.3 Å². The van der Waals surface area contributed by atoms with Gasteiger partial charge in [-0.2, -0.15) is 0 Å². The maximum Gasteiger partial charge on any atom is 0.303 e. The van der Waals surface area contributed by atoms with Gasteiger partial charge in [0.2, 0.25) is 0 Å². The van der Waals surface area contributed by atoms with Crippen LogP contribution in [0, 0.1) is 0 Å². The molecule has 0 radical (unpaired) electrons. The minimum absolute atomic E-state index is 0.290. The molecule has 0 rings (SSSR count). The molecule has 0 heterocycles. The Kier molecular flexibility index (Phi) is 17.1. The Morgan fingerprint density at radius 1 is 0.682 bits per heavy atom. The molecule has 0 saturated heterocycles. The Hall–Kier alpha value is -1.05. The van der Waals surface area contributed by atoms with E-state index >= 15 is 0 Å². The maximum absolute atomic E-state index is 10.3.